The normalized spacial score (nSPS) is 17.0. The molecule has 5 aromatic rings. The van der Waals surface area contributed by atoms with Gasteiger partial charge >= 0.3 is 7.12 Å². The van der Waals surface area contributed by atoms with Crippen LogP contribution in [0.15, 0.2) is 132 Å². The first-order chi connectivity index (χ1) is 24.1. The van der Waals surface area contributed by atoms with Gasteiger partial charge in [0.2, 0.25) is 0 Å². The van der Waals surface area contributed by atoms with Crippen LogP contribution >= 0.6 is 15.9 Å². The molecule has 1 aliphatic heterocycles. The lowest BCUT2D eigenvalue weighted by Crippen LogP contribution is -2.44. The highest BCUT2D eigenvalue weighted by atomic mass is 79.9. The van der Waals surface area contributed by atoms with Crippen molar-refractivity contribution in [2.75, 3.05) is 10.6 Å². The maximum absolute atomic E-state index is 12.8. The van der Waals surface area contributed by atoms with Crippen LogP contribution in [0.2, 0.25) is 0 Å². The third-order valence-electron chi connectivity index (χ3n) is 9.04. The summed E-state index contributed by atoms with van der Waals surface area (Å²) >= 11 is 3.70. The summed E-state index contributed by atoms with van der Waals surface area (Å²) in [6.07, 6.45) is 7.96. The molecular weight excluding hydrogens is 691 g/mol. The average Bonchev–Trinajstić information content (AvgIpc) is 3.56. The molecule has 1 aliphatic rings. The molecule has 1 aromatic heterocycles. The van der Waals surface area contributed by atoms with Crippen molar-refractivity contribution in [3.05, 3.63) is 149 Å². The molecule has 2 amide bonds. The van der Waals surface area contributed by atoms with E-state index in [1.807, 2.05) is 136 Å². The second kappa shape index (κ2) is 14.8. The molecule has 2 heterocycles. The predicted octanol–water partition coefficient (Wildman–Crippen LogP) is 8.19. The fourth-order valence-electron chi connectivity index (χ4n) is 5.78. The van der Waals surface area contributed by atoms with Crippen LogP contribution in [-0.4, -0.2) is 34.7 Å². The lowest BCUT2D eigenvalue weighted by molar-refractivity contribution is -0.00664. The largest absolute Gasteiger partial charge is 0.494 e. The monoisotopic (exact) mass is 728 g/mol. The molecule has 8 nitrogen and oxygen atoms in total. The van der Waals surface area contributed by atoms with Gasteiger partial charge in [-0.25, -0.2) is 0 Å². The SMILES string of the molecule is CC1(C)OB(c2ccc(C(=O)Nc3ccccc3)cc2)OC1(C)CC=Cn1c(-c2ccc(C(=O)Nc3ccccc3)cc2)cc(Br)c1/C=C\N. The number of hydrogen-bond acceptors (Lipinski definition) is 5. The molecule has 50 heavy (non-hydrogen) atoms. The highest BCUT2D eigenvalue weighted by molar-refractivity contribution is 9.10. The number of carbonyl (C=O) groups is 2. The van der Waals surface area contributed by atoms with Crippen LogP contribution < -0.4 is 21.8 Å². The molecule has 4 N–H and O–H groups in total. The van der Waals surface area contributed by atoms with E-state index < -0.39 is 18.3 Å². The van der Waals surface area contributed by atoms with Gasteiger partial charge in [-0.15, -0.1) is 0 Å². The van der Waals surface area contributed by atoms with Crippen molar-refractivity contribution < 1.29 is 18.9 Å². The van der Waals surface area contributed by atoms with Crippen LogP contribution in [0.4, 0.5) is 11.4 Å². The summed E-state index contributed by atoms with van der Waals surface area (Å²) in [5.41, 5.74) is 10.7. The predicted molar refractivity (Wildman–Crippen MR) is 206 cm³/mol. The van der Waals surface area contributed by atoms with Crippen LogP contribution in [0.25, 0.3) is 23.5 Å². The Hall–Kier alpha value is -5.16. The zero-order valence-electron chi connectivity index (χ0n) is 28.1. The number of nitrogens with two attached hydrogens (primary N) is 1. The first-order valence-electron chi connectivity index (χ1n) is 16.3. The summed E-state index contributed by atoms with van der Waals surface area (Å²) in [5.74, 6) is -0.362. The number of carbonyl (C=O) groups excluding carboxylic acids is 2. The topological polar surface area (TPSA) is 108 Å². The molecule has 252 valence electrons. The Balaban J connectivity index is 1.17. The van der Waals surface area contributed by atoms with Crippen molar-refractivity contribution >= 4 is 64.0 Å². The molecule has 1 unspecified atom stereocenters. The molecule has 1 saturated heterocycles. The molecule has 0 aliphatic carbocycles. The number of aromatic nitrogens is 1. The van der Waals surface area contributed by atoms with Gasteiger partial charge < -0.3 is 30.2 Å². The molecule has 10 heteroatoms. The second-order valence-corrected chi connectivity index (χ2v) is 13.6. The Morgan fingerprint density at radius 1 is 0.800 bits per heavy atom. The van der Waals surface area contributed by atoms with Gasteiger partial charge in [-0.1, -0.05) is 66.7 Å². The van der Waals surface area contributed by atoms with Gasteiger partial charge in [0, 0.05) is 33.2 Å². The third kappa shape index (κ3) is 7.53. The maximum atomic E-state index is 12.8. The summed E-state index contributed by atoms with van der Waals surface area (Å²) in [7, 11) is -0.598. The second-order valence-electron chi connectivity index (χ2n) is 12.7. The Labute approximate surface area is 301 Å². The van der Waals surface area contributed by atoms with E-state index in [4.69, 9.17) is 15.0 Å². The zero-order chi connectivity index (χ0) is 35.3. The fraction of sp³-hybridized carbons (Fsp3) is 0.150. The van der Waals surface area contributed by atoms with Crippen LogP contribution in [0, 0.1) is 0 Å². The van der Waals surface area contributed by atoms with Crippen LogP contribution in [-0.2, 0) is 9.31 Å². The van der Waals surface area contributed by atoms with Crippen molar-refractivity contribution in [1.82, 2.24) is 4.57 Å². The number of benzene rings is 4. The van der Waals surface area contributed by atoms with E-state index in [-0.39, 0.29) is 11.8 Å². The lowest BCUT2D eigenvalue weighted by atomic mass is 9.79. The molecular formula is C40H38BBrN4O4. The van der Waals surface area contributed by atoms with Crippen molar-refractivity contribution in [1.29, 1.82) is 0 Å². The molecule has 1 atom stereocenters. The van der Waals surface area contributed by atoms with Gasteiger partial charge in [0.25, 0.3) is 11.8 Å². The van der Waals surface area contributed by atoms with Gasteiger partial charge in [0.15, 0.2) is 0 Å². The van der Waals surface area contributed by atoms with Gasteiger partial charge in [-0.3, -0.25) is 9.59 Å². The number of nitrogens with one attached hydrogen (secondary N) is 2. The first-order valence-corrected chi connectivity index (χ1v) is 17.1. The van der Waals surface area contributed by atoms with Gasteiger partial charge in [0.1, 0.15) is 0 Å². The van der Waals surface area contributed by atoms with E-state index >= 15 is 0 Å². The Kier molecular flexibility index (Phi) is 10.2. The minimum absolute atomic E-state index is 0.177. The van der Waals surface area contributed by atoms with Gasteiger partial charge in [-0.05, 0) is 121 Å². The van der Waals surface area contributed by atoms with Crippen LogP contribution in [0.1, 0.15) is 53.6 Å². The maximum Gasteiger partial charge on any atom is 0.494 e. The number of nitrogens with zero attached hydrogens (tertiary/aromatic N) is 1. The van der Waals surface area contributed by atoms with Gasteiger partial charge in [-0.2, -0.15) is 0 Å². The summed E-state index contributed by atoms with van der Waals surface area (Å²) < 4.78 is 16.0. The molecule has 0 bridgehead atoms. The molecule has 0 spiro atoms. The molecule has 6 rings (SSSR count). The number of rotatable bonds is 10. The van der Waals surface area contributed by atoms with Gasteiger partial charge in [0.05, 0.1) is 22.6 Å². The highest BCUT2D eigenvalue weighted by Crippen LogP contribution is 2.40. The van der Waals surface area contributed by atoms with Crippen LogP contribution in [0.5, 0.6) is 0 Å². The molecule has 0 radical (unpaired) electrons. The standard InChI is InChI=1S/C40H38BBrN4O4/c1-39(2)40(3,50-41(49-39)31-21-19-30(20-22-31)38(48)45-33-13-8-5-9-14-33)24-10-26-46-35(23-25-43)34(42)27-36(46)28-15-17-29(18-16-28)37(47)44-32-11-6-4-7-12-32/h4-23,25-27H,24,43H2,1-3H3,(H,44,47)(H,45,48)/b25-23-,26-10?. The molecule has 1 fully saturated rings. The third-order valence-corrected chi connectivity index (χ3v) is 9.67. The lowest BCUT2D eigenvalue weighted by Gasteiger charge is -2.35. The highest BCUT2D eigenvalue weighted by Gasteiger charge is 2.53. The van der Waals surface area contributed by atoms with E-state index in [0.717, 1.165) is 38.3 Å². The van der Waals surface area contributed by atoms with Crippen molar-refractivity contribution in [3.8, 4) is 11.3 Å². The Bertz CT molecular complexity index is 2030. The van der Waals surface area contributed by atoms with Crippen molar-refractivity contribution in [3.63, 3.8) is 0 Å². The van der Waals surface area contributed by atoms with E-state index in [1.165, 1.54) is 6.20 Å². The summed E-state index contributed by atoms with van der Waals surface area (Å²) in [4.78, 5) is 25.6. The number of anilines is 2. The first kappa shape index (κ1) is 34.7. The average molecular weight is 729 g/mol. The fourth-order valence-corrected chi connectivity index (χ4v) is 6.32. The van der Waals surface area contributed by atoms with E-state index in [0.29, 0.717) is 17.5 Å². The minimum Gasteiger partial charge on any atom is -0.405 e. The number of halogens is 1. The van der Waals surface area contributed by atoms with Crippen molar-refractivity contribution in [2.24, 2.45) is 5.73 Å². The van der Waals surface area contributed by atoms with E-state index in [2.05, 4.69) is 37.2 Å². The number of para-hydroxylation sites is 2. The van der Waals surface area contributed by atoms with Crippen molar-refractivity contribution in [2.45, 2.75) is 38.4 Å². The minimum atomic E-state index is -0.667. The summed E-state index contributed by atoms with van der Waals surface area (Å²) in [6.45, 7) is 6.10. The zero-order valence-corrected chi connectivity index (χ0v) is 29.7. The van der Waals surface area contributed by atoms with E-state index in [9.17, 15) is 9.59 Å². The Morgan fingerprint density at radius 2 is 1.34 bits per heavy atom. The smallest absolute Gasteiger partial charge is 0.405 e. The number of amides is 2. The van der Waals surface area contributed by atoms with Crippen LogP contribution in [0.3, 0.4) is 0 Å². The number of hydrogen-bond donors (Lipinski definition) is 3. The summed E-state index contributed by atoms with van der Waals surface area (Å²) in [5, 5.41) is 5.84. The summed E-state index contributed by atoms with van der Waals surface area (Å²) in [6, 6.07) is 35.6. The van der Waals surface area contributed by atoms with E-state index in [1.54, 1.807) is 12.1 Å². The Morgan fingerprint density at radius 3 is 1.88 bits per heavy atom. The molecule has 0 saturated carbocycles. The molecule has 4 aromatic carbocycles. The quantitative estimate of drug-likeness (QED) is 0.126.